The molecule has 0 aromatic rings. The van der Waals surface area contributed by atoms with Gasteiger partial charge in [-0.2, -0.15) is 0 Å². The SMILES string of the molecule is C=CCCCC(N)C(OC)C1CC1. The molecule has 0 aliphatic heterocycles. The molecule has 2 atom stereocenters. The number of rotatable bonds is 7. The van der Waals surface area contributed by atoms with Crippen molar-refractivity contribution in [1.82, 2.24) is 0 Å². The summed E-state index contributed by atoms with van der Waals surface area (Å²) < 4.78 is 5.42. The van der Waals surface area contributed by atoms with Crippen LogP contribution in [0.2, 0.25) is 0 Å². The van der Waals surface area contributed by atoms with E-state index in [2.05, 4.69) is 6.58 Å². The maximum atomic E-state index is 6.05. The molecule has 2 nitrogen and oxygen atoms in total. The normalized spacial score (nSPS) is 21.1. The molecule has 1 aliphatic carbocycles. The number of ether oxygens (including phenoxy) is 1. The van der Waals surface area contributed by atoms with E-state index >= 15 is 0 Å². The molecule has 0 radical (unpaired) electrons. The van der Waals surface area contributed by atoms with Gasteiger partial charge in [-0.1, -0.05) is 6.08 Å². The molecule has 0 heterocycles. The van der Waals surface area contributed by atoms with E-state index in [1.165, 1.54) is 12.8 Å². The molecule has 1 fully saturated rings. The number of methoxy groups -OCH3 is 1. The molecule has 2 heteroatoms. The van der Waals surface area contributed by atoms with E-state index < -0.39 is 0 Å². The van der Waals surface area contributed by atoms with Crippen molar-refractivity contribution in [2.24, 2.45) is 11.7 Å². The molecule has 0 aromatic heterocycles. The standard InChI is InChI=1S/C11H21NO/c1-3-4-5-6-10(12)11(13-2)9-7-8-9/h3,9-11H,1,4-8,12H2,2H3. The molecular formula is C11H21NO. The molecule has 13 heavy (non-hydrogen) atoms. The minimum atomic E-state index is 0.220. The molecule has 0 saturated heterocycles. The van der Waals surface area contributed by atoms with E-state index in [0.717, 1.165) is 25.2 Å². The molecule has 0 amide bonds. The Morgan fingerprint density at radius 1 is 1.62 bits per heavy atom. The second-order valence-corrected chi connectivity index (χ2v) is 3.92. The third-order valence-electron chi connectivity index (χ3n) is 2.73. The zero-order chi connectivity index (χ0) is 9.68. The highest BCUT2D eigenvalue weighted by Crippen LogP contribution is 2.35. The summed E-state index contributed by atoms with van der Waals surface area (Å²) in [6.45, 7) is 3.70. The van der Waals surface area contributed by atoms with Gasteiger partial charge in [0, 0.05) is 13.2 Å². The van der Waals surface area contributed by atoms with Crippen molar-refractivity contribution in [3.05, 3.63) is 12.7 Å². The second kappa shape index (κ2) is 5.40. The van der Waals surface area contributed by atoms with Crippen LogP contribution < -0.4 is 5.73 Å². The third-order valence-corrected chi connectivity index (χ3v) is 2.73. The number of unbranched alkanes of at least 4 members (excludes halogenated alkanes) is 1. The summed E-state index contributed by atoms with van der Waals surface area (Å²) in [5.74, 6) is 0.740. The van der Waals surface area contributed by atoms with Gasteiger partial charge in [0.25, 0.3) is 0 Å². The highest BCUT2D eigenvalue weighted by molar-refractivity contribution is 4.88. The number of hydrogen-bond acceptors (Lipinski definition) is 2. The molecule has 1 rings (SSSR count). The van der Waals surface area contributed by atoms with Crippen LogP contribution in [0.5, 0.6) is 0 Å². The first-order valence-corrected chi connectivity index (χ1v) is 5.19. The van der Waals surface area contributed by atoms with Gasteiger partial charge in [0.15, 0.2) is 0 Å². The fraction of sp³-hybridized carbons (Fsp3) is 0.818. The average Bonchev–Trinajstić information content (AvgIpc) is 2.90. The first-order valence-electron chi connectivity index (χ1n) is 5.19. The van der Waals surface area contributed by atoms with Gasteiger partial charge >= 0.3 is 0 Å². The number of allylic oxidation sites excluding steroid dienone is 1. The summed E-state index contributed by atoms with van der Waals surface area (Å²) in [4.78, 5) is 0. The van der Waals surface area contributed by atoms with Crippen molar-refractivity contribution < 1.29 is 4.74 Å². The number of hydrogen-bond donors (Lipinski definition) is 1. The average molecular weight is 183 g/mol. The highest BCUT2D eigenvalue weighted by Gasteiger charge is 2.34. The smallest absolute Gasteiger partial charge is 0.0750 e. The predicted octanol–water partition coefficient (Wildman–Crippen LogP) is 2.09. The molecule has 0 spiro atoms. The molecule has 2 unspecified atom stereocenters. The lowest BCUT2D eigenvalue weighted by molar-refractivity contribution is 0.0597. The molecule has 76 valence electrons. The van der Waals surface area contributed by atoms with Crippen LogP contribution in [0.15, 0.2) is 12.7 Å². The minimum Gasteiger partial charge on any atom is -0.380 e. The zero-order valence-electron chi connectivity index (χ0n) is 8.54. The van der Waals surface area contributed by atoms with Crippen molar-refractivity contribution in [1.29, 1.82) is 0 Å². The van der Waals surface area contributed by atoms with Crippen molar-refractivity contribution in [2.45, 2.75) is 44.2 Å². The van der Waals surface area contributed by atoms with Crippen LogP contribution in [0.25, 0.3) is 0 Å². The maximum absolute atomic E-state index is 6.05. The summed E-state index contributed by atoms with van der Waals surface area (Å²) in [5, 5.41) is 0. The van der Waals surface area contributed by atoms with E-state index in [0.29, 0.717) is 6.10 Å². The fourth-order valence-electron chi connectivity index (χ4n) is 1.80. The summed E-state index contributed by atoms with van der Waals surface area (Å²) in [5.41, 5.74) is 6.05. The fourth-order valence-corrected chi connectivity index (χ4v) is 1.80. The summed E-state index contributed by atoms with van der Waals surface area (Å²) >= 11 is 0. The lowest BCUT2D eigenvalue weighted by Crippen LogP contribution is -2.37. The van der Waals surface area contributed by atoms with Crippen molar-refractivity contribution in [3.8, 4) is 0 Å². The van der Waals surface area contributed by atoms with Crippen LogP contribution >= 0.6 is 0 Å². The topological polar surface area (TPSA) is 35.2 Å². The van der Waals surface area contributed by atoms with Gasteiger partial charge < -0.3 is 10.5 Å². The molecule has 1 saturated carbocycles. The van der Waals surface area contributed by atoms with E-state index in [9.17, 15) is 0 Å². The first kappa shape index (κ1) is 10.7. The first-order chi connectivity index (χ1) is 6.29. The quantitative estimate of drug-likeness (QED) is 0.484. The van der Waals surface area contributed by atoms with Crippen LogP contribution in [0, 0.1) is 5.92 Å². The Bertz CT molecular complexity index is 154. The summed E-state index contributed by atoms with van der Waals surface area (Å²) in [7, 11) is 1.77. The minimum absolute atomic E-state index is 0.220. The van der Waals surface area contributed by atoms with Gasteiger partial charge in [-0.3, -0.25) is 0 Å². The van der Waals surface area contributed by atoms with Gasteiger partial charge in [0.2, 0.25) is 0 Å². The van der Waals surface area contributed by atoms with Crippen LogP contribution in [0.1, 0.15) is 32.1 Å². The van der Waals surface area contributed by atoms with E-state index in [-0.39, 0.29) is 6.04 Å². The van der Waals surface area contributed by atoms with Crippen molar-refractivity contribution in [3.63, 3.8) is 0 Å². The predicted molar refractivity (Wildman–Crippen MR) is 55.5 cm³/mol. The van der Waals surface area contributed by atoms with Crippen molar-refractivity contribution in [2.75, 3.05) is 7.11 Å². The van der Waals surface area contributed by atoms with Crippen LogP contribution in [0.4, 0.5) is 0 Å². The van der Waals surface area contributed by atoms with Gasteiger partial charge in [0.05, 0.1) is 6.10 Å². The van der Waals surface area contributed by atoms with Gasteiger partial charge in [-0.25, -0.2) is 0 Å². The Labute approximate surface area is 81.1 Å². The monoisotopic (exact) mass is 183 g/mol. The Morgan fingerprint density at radius 3 is 2.77 bits per heavy atom. The van der Waals surface area contributed by atoms with Crippen LogP contribution in [0.3, 0.4) is 0 Å². The van der Waals surface area contributed by atoms with E-state index in [1.807, 2.05) is 6.08 Å². The lowest BCUT2D eigenvalue weighted by Gasteiger charge is -2.21. The van der Waals surface area contributed by atoms with Gasteiger partial charge in [-0.15, -0.1) is 6.58 Å². The number of nitrogens with two attached hydrogens (primary N) is 1. The molecule has 0 bridgehead atoms. The maximum Gasteiger partial charge on any atom is 0.0750 e. The second-order valence-electron chi connectivity index (χ2n) is 3.92. The van der Waals surface area contributed by atoms with Crippen LogP contribution in [-0.4, -0.2) is 19.3 Å². The van der Waals surface area contributed by atoms with Gasteiger partial charge in [-0.05, 0) is 38.0 Å². The summed E-state index contributed by atoms with van der Waals surface area (Å²) in [6, 6.07) is 0.220. The molecule has 1 aliphatic rings. The molecule has 2 N–H and O–H groups in total. The zero-order valence-corrected chi connectivity index (χ0v) is 8.54. The summed E-state index contributed by atoms with van der Waals surface area (Å²) in [6.07, 6.45) is 8.10. The highest BCUT2D eigenvalue weighted by atomic mass is 16.5. The van der Waals surface area contributed by atoms with E-state index in [4.69, 9.17) is 10.5 Å². The Balaban J connectivity index is 2.18. The largest absolute Gasteiger partial charge is 0.380 e. The Hall–Kier alpha value is -0.340. The van der Waals surface area contributed by atoms with E-state index in [1.54, 1.807) is 7.11 Å². The Morgan fingerprint density at radius 2 is 2.31 bits per heavy atom. The Kier molecular flexibility index (Phi) is 4.46. The van der Waals surface area contributed by atoms with Crippen LogP contribution in [-0.2, 0) is 4.74 Å². The lowest BCUT2D eigenvalue weighted by atomic mass is 10.0. The van der Waals surface area contributed by atoms with Gasteiger partial charge in [0.1, 0.15) is 0 Å². The third kappa shape index (κ3) is 3.49. The van der Waals surface area contributed by atoms with Crippen molar-refractivity contribution >= 4 is 0 Å². The molecular weight excluding hydrogens is 162 g/mol. The molecule has 0 aromatic carbocycles.